The van der Waals surface area contributed by atoms with Crippen LogP contribution in [0.4, 0.5) is 13.2 Å². The van der Waals surface area contributed by atoms with Gasteiger partial charge in [0, 0.05) is 15.4 Å². The predicted molar refractivity (Wildman–Crippen MR) is 183 cm³/mol. The first-order valence-corrected chi connectivity index (χ1v) is 17.3. The molecule has 250 valence electrons. The van der Waals surface area contributed by atoms with Gasteiger partial charge in [-0.2, -0.15) is 13.2 Å². The lowest BCUT2D eigenvalue weighted by Crippen LogP contribution is -2.42. The minimum atomic E-state index is -4.52. The van der Waals surface area contributed by atoms with Crippen LogP contribution in [0.5, 0.6) is 11.5 Å². The van der Waals surface area contributed by atoms with E-state index in [0.29, 0.717) is 22.6 Å². The van der Waals surface area contributed by atoms with Crippen molar-refractivity contribution in [1.29, 1.82) is 0 Å². The third-order valence-corrected chi connectivity index (χ3v) is 11.6. The smallest absolute Gasteiger partial charge is 0.416 e. The van der Waals surface area contributed by atoms with Crippen LogP contribution in [0.1, 0.15) is 27.0 Å². The molecule has 0 aliphatic carbocycles. The molecule has 2 heterocycles. The van der Waals surface area contributed by atoms with Gasteiger partial charge in [-0.25, -0.2) is 0 Å². The van der Waals surface area contributed by atoms with E-state index in [0.717, 1.165) is 27.5 Å². The van der Waals surface area contributed by atoms with E-state index in [4.69, 9.17) is 18.9 Å². The van der Waals surface area contributed by atoms with Crippen LogP contribution in [0.25, 0.3) is 0 Å². The lowest BCUT2D eigenvalue weighted by Gasteiger charge is -2.42. The highest BCUT2D eigenvalue weighted by Crippen LogP contribution is 2.62. The van der Waals surface area contributed by atoms with E-state index in [1.807, 2.05) is 91.0 Å². The summed E-state index contributed by atoms with van der Waals surface area (Å²) in [6.07, 6.45) is -5.41. The topological polar surface area (TPSA) is 54.0 Å². The summed E-state index contributed by atoms with van der Waals surface area (Å²) >= 11 is 2.96. The lowest BCUT2D eigenvalue weighted by molar-refractivity contribution is -0.141. The highest BCUT2D eigenvalue weighted by Gasteiger charge is 2.56. The Hall–Kier alpha value is -4.22. The second kappa shape index (κ2) is 14.3. The van der Waals surface area contributed by atoms with Gasteiger partial charge in [-0.1, -0.05) is 78.9 Å². The number of ketones is 1. The van der Waals surface area contributed by atoms with Crippen molar-refractivity contribution in [2.45, 2.75) is 32.9 Å². The van der Waals surface area contributed by atoms with E-state index in [2.05, 4.69) is 0 Å². The first kappa shape index (κ1) is 33.3. The van der Waals surface area contributed by atoms with Crippen molar-refractivity contribution in [2.75, 3.05) is 13.4 Å². The summed E-state index contributed by atoms with van der Waals surface area (Å²) in [5.41, 5.74) is 1.17. The summed E-state index contributed by atoms with van der Waals surface area (Å²) in [6, 6.07) is 39.3. The van der Waals surface area contributed by atoms with E-state index in [-0.39, 0.29) is 25.8 Å². The SMILES string of the molecule is O=C(c1ccc2c(c1)OCO2)C1COC(OCc2ccccc2)C1C(Sc1ccccc1)(Sc1ccccc1)c1ccc(C(F)(F)F)cc1. The fourth-order valence-corrected chi connectivity index (χ4v) is 9.49. The number of hydrogen-bond acceptors (Lipinski definition) is 7. The number of fused-ring (bicyclic) bond motifs is 1. The molecule has 5 nitrogen and oxygen atoms in total. The van der Waals surface area contributed by atoms with Gasteiger partial charge in [-0.15, -0.1) is 23.5 Å². The molecule has 1 fully saturated rings. The monoisotopic (exact) mass is 700 g/mol. The van der Waals surface area contributed by atoms with Crippen molar-refractivity contribution in [2.24, 2.45) is 11.8 Å². The normalized spacial score (nSPS) is 18.8. The van der Waals surface area contributed by atoms with Crippen LogP contribution in [0, 0.1) is 11.8 Å². The van der Waals surface area contributed by atoms with Crippen LogP contribution in [-0.4, -0.2) is 25.5 Å². The van der Waals surface area contributed by atoms with Crippen LogP contribution >= 0.6 is 23.5 Å². The first-order chi connectivity index (χ1) is 23.8. The zero-order chi connectivity index (χ0) is 33.8. The van der Waals surface area contributed by atoms with Gasteiger partial charge in [-0.05, 0) is 65.7 Å². The molecule has 0 spiro atoms. The van der Waals surface area contributed by atoms with Gasteiger partial charge in [0.05, 0.1) is 30.6 Å². The molecule has 3 unspecified atom stereocenters. The van der Waals surface area contributed by atoms with Crippen molar-refractivity contribution in [3.8, 4) is 11.5 Å². The number of Topliss-reactive ketones (excluding diaryl/α,β-unsaturated/α-hetero) is 1. The number of halogens is 3. The molecule has 0 aromatic heterocycles. The molecule has 5 aromatic rings. The second-order valence-corrected chi connectivity index (χ2v) is 14.5. The highest BCUT2D eigenvalue weighted by atomic mass is 32.2. The number of carbonyl (C=O) groups is 1. The maximum Gasteiger partial charge on any atom is 0.416 e. The Kier molecular flexibility index (Phi) is 9.73. The summed E-state index contributed by atoms with van der Waals surface area (Å²) in [7, 11) is 0. The van der Waals surface area contributed by atoms with Crippen molar-refractivity contribution >= 4 is 29.3 Å². The maximum absolute atomic E-state index is 14.6. The van der Waals surface area contributed by atoms with Crippen molar-refractivity contribution in [3.05, 3.63) is 156 Å². The third kappa shape index (κ3) is 7.23. The van der Waals surface area contributed by atoms with E-state index in [1.165, 1.54) is 35.7 Å². The number of alkyl halides is 3. The van der Waals surface area contributed by atoms with Crippen molar-refractivity contribution in [1.82, 2.24) is 0 Å². The number of ether oxygens (including phenoxy) is 4. The molecule has 0 radical (unpaired) electrons. The zero-order valence-electron chi connectivity index (χ0n) is 26.0. The van der Waals surface area contributed by atoms with Gasteiger partial charge in [0.25, 0.3) is 0 Å². The fourth-order valence-electron chi connectivity index (χ4n) is 6.13. The van der Waals surface area contributed by atoms with E-state index >= 15 is 0 Å². The Balaban J connectivity index is 1.40. The zero-order valence-corrected chi connectivity index (χ0v) is 27.7. The standard InChI is InChI=1S/C39H31F3O5S2/c40-39(41,42)29-19-17-28(18-20-29)38(48-30-12-6-2-7-13-30,49-31-14-8-3-9-15-31)35-32(24-45-37(35)44-23-26-10-4-1-5-11-26)36(43)27-16-21-33-34(22-27)47-25-46-33/h1-22,32,35,37H,23-25H2. The van der Waals surface area contributed by atoms with Crippen molar-refractivity contribution in [3.63, 3.8) is 0 Å². The average Bonchev–Trinajstić information content (AvgIpc) is 3.78. The number of hydrogen-bond donors (Lipinski definition) is 0. The van der Waals surface area contributed by atoms with E-state index < -0.39 is 33.9 Å². The minimum Gasteiger partial charge on any atom is -0.454 e. The van der Waals surface area contributed by atoms with Gasteiger partial charge in [0.1, 0.15) is 4.08 Å². The lowest BCUT2D eigenvalue weighted by atomic mass is 9.82. The third-order valence-electron chi connectivity index (χ3n) is 8.50. The predicted octanol–water partition coefficient (Wildman–Crippen LogP) is 9.86. The minimum absolute atomic E-state index is 0.0461. The molecule has 5 aromatic carbocycles. The van der Waals surface area contributed by atoms with Crippen LogP contribution in [0.15, 0.2) is 143 Å². The van der Waals surface area contributed by atoms with Gasteiger partial charge in [0.15, 0.2) is 23.6 Å². The van der Waals surface area contributed by atoms with Crippen LogP contribution in [-0.2, 0) is 26.3 Å². The van der Waals surface area contributed by atoms with E-state index in [1.54, 1.807) is 18.2 Å². The summed E-state index contributed by atoms with van der Waals surface area (Å²) in [6.45, 7) is 0.322. The maximum atomic E-state index is 14.6. The van der Waals surface area contributed by atoms with Gasteiger partial charge >= 0.3 is 6.18 Å². The Morgan fingerprint density at radius 1 is 0.714 bits per heavy atom. The Bertz CT molecular complexity index is 1830. The largest absolute Gasteiger partial charge is 0.454 e. The number of benzene rings is 5. The molecule has 49 heavy (non-hydrogen) atoms. The van der Waals surface area contributed by atoms with Gasteiger partial charge in [0.2, 0.25) is 6.79 Å². The molecule has 0 N–H and O–H groups in total. The summed E-state index contributed by atoms with van der Waals surface area (Å²) < 4.78 is 64.5. The fraction of sp³-hybridized carbons (Fsp3) is 0.205. The van der Waals surface area contributed by atoms with Crippen LogP contribution in [0.2, 0.25) is 0 Å². The summed E-state index contributed by atoms with van der Waals surface area (Å²) in [5, 5.41) is 0. The molecule has 0 saturated carbocycles. The molecule has 0 amide bonds. The van der Waals surface area contributed by atoms with Crippen LogP contribution < -0.4 is 9.47 Å². The second-order valence-electron chi connectivity index (χ2n) is 11.6. The molecule has 2 aliphatic heterocycles. The average molecular weight is 701 g/mol. The summed E-state index contributed by atoms with van der Waals surface area (Å²) in [5.74, 6) is -0.576. The highest BCUT2D eigenvalue weighted by molar-refractivity contribution is 8.17. The Labute approximate surface area is 290 Å². The number of rotatable bonds is 11. The van der Waals surface area contributed by atoms with Gasteiger partial charge < -0.3 is 18.9 Å². The molecule has 3 atom stereocenters. The molecule has 2 aliphatic rings. The quantitative estimate of drug-likeness (QED) is 0.0773. The van der Waals surface area contributed by atoms with Crippen LogP contribution in [0.3, 0.4) is 0 Å². The van der Waals surface area contributed by atoms with Gasteiger partial charge in [-0.3, -0.25) is 4.79 Å². The number of carbonyl (C=O) groups excluding carboxylic acids is 1. The first-order valence-electron chi connectivity index (χ1n) is 15.7. The van der Waals surface area contributed by atoms with Crippen molar-refractivity contribution < 1.29 is 36.9 Å². The molecule has 7 rings (SSSR count). The molecular formula is C39H31F3O5S2. The Morgan fingerprint density at radius 3 is 1.90 bits per heavy atom. The molecule has 0 bridgehead atoms. The van der Waals surface area contributed by atoms with E-state index in [9.17, 15) is 18.0 Å². The number of thioether (sulfide) groups is 2. The molecule has 1 saturated heterocycles. The Morgan fingerprint density at radius 2 is 1.29 bits per heavy atom. The molecule has 10 heteroatoms. The molecular weight excluding hydrogens is 670 g/mol. The summed E-state index contributed by atoms with van der Waals surface area (Å²) in [4.78, 5) is 16.4.